The topological polar surface area (TPSA) is 89.5 Å². The number of amides is 1. The lowest BCUT2D eigenvalue weighted by molar-refractivity contribution is -0.00541. The number of ether oxygens (including phenoxy) is 2. The van der Waals surface area contributed by atoms with Crippen LogP contribution in [0.1, 0.15) is 27.9 Å². The molecule has 2 aromatic rings. The second-order valence-corrected chi connectivity index (χ2v) is 5.65. The maximum Gasteiger partial charge on any atom is 0.260 e. The summed E-state index contributed by atoms with van der Waals surface area (Å²) in [6.07, 6.45) is 1.59. The molecule has 0 unspecified atom stereocenters. The fourth-order valence-corrected chi connectivity index (χ4v) is 2.80. The molecule has 1 saturated heterocycles. The maximum absolute atomic E-state index is 13.1. The maximum atomic E-state index is 13.1. The van der Waals surface area contributed by atoms with E-state index in [-0.39, 0.29) is 11.9 Å². The van der Waals surface area contributed by atoms with E-state index in [1.165, 1.54) is 7.11 Å². The van der Waals surface area contributed by atoms with Gasteiger partial charge in [-0.25, -0.2) is 15.0 Å². The van der Waals surface area contributed by atoms with Crippen molar-refractivity contribution in [3.63, 3.8) is 0 Å². The van der Waals surface area contributed by atoms with E-state index in [2.05, 4.69) is 20.3 Å². The Morgan fingerprint density at radius 1 is 1.44 bits per heavy atom. The summed E-state index contributed by atoms with van der Waals surface area (Å²) in [5.74, 6) is 1.40. The smallest absolute Gasteiger partial charge is 0.260 e. The van der Waals surface area contributed by atoms with E-state index < -0.39 is 0 Å². The van der Waals surface area contributed by atoms with Crippen LogP contribution in [0.15, 0.2) is 24.4 Å². The predicted octanol–water partition coefficient (Wildman–Crippen LogP) is 1.44. The Hall–Kier alpha value is -2.74. The molecule has 0 radical (unpaired) electrons. The van der Waals surface area contributed by atoms with Crippen LogP contribution in [0.25, 0.3) is 0 Å². The minimum Gasteiger partial charge on any atom is -0.480 e. The zero-order valence-electron chi connectivity index (χ0n) is 14.5. The van der Waals surface area contributed by atoms with Crippen LogP contribution in [0.2, 0.25) is 0 Å². The lowest BCUT2D eigenvalue weighted by atomic mass is 10.1. The Balaban J connectivity index is 1.96. The first kappa shape index (κ1) is 17.1. The van der Waals surface area contributed by atoms with Gasteiger partial charge in [-0.2, -0.15) is 0 Å². The van der Waals surface area contributed by atoms with Gasteiger partial charge >= 0.3 is 0 Å². The third-order valence-corrected chi connectivity index (χ3v) is 4.01. The van der Waals surface area contributed by atoms with Crippen LogP contribution < -0.4 is 10.1 Å². The molecule has 3 rings (SSSR count). The van der Waals surface area contributed by atoms with E-state index in [0.29, 0.717) is 42.8 Å². The van der Waals surface area contributed by atoms with E-state index in [1.807, 2.05) is 13.0 Å². The standard InChI is InChI=1S/C17H21N5O3/c1-11-9-14(18-2)21-15(20-11)13-10-25-8-7-22(13)17(23)12-5-4-6-19-16(12)24-3/h4-6,9,13H,7-8,10H2,1-3H3,(H,18,20,21)/t13-/m0/s1. The van der Waals surface area contributed by atoms with Gasteiger partial charge in [0.25, 0.3) is 5.91 Å². The molecule has 1 amide bonds. The Kier molecular flexibility index (Phi) is 5.08. The Bertz CT molecular complexity index is 768. The summed E-state index contributed by atoms with van der Waals surface area (Å²) in [5, 5.41) is 3.02. The van der Waals surface area contributed by atoms with Crippen molar-refractivity contribution < 1.29 is 14.3 Å². The molecule has 0 aliphatic carbocycles. The molecule has 0 bridgehead atoms. The summed E-state index contributed by atoms with van der Waals surface area (Å²) in [6.45, 7) is 3.16. The summed E-state index contributed by atoms with van der Waals surface area (Å²) in [4.78, 5) is 27.9. The number of aromatic nitrogens is 3. The number of carbonyl (C=O) groups excluding carboxylic acids is 1. The number of anilines is 1. The number of aryl methyl sites for hydroxylation is 1. The molecule has 1 atom stereocenters. The second kappa shape index (κ2) is 7.43. The van der Waals surface area contributed by atoms with Crippen LogP contribution in [-0.4, -0.2) is 59.7 Å². The largest absolute Gasteiger partial charge is 0.480 e. The number of rotatable bonds is 4. The number of methoxy groups -OCH3 is 1. The zero-order valence-corrected chi connectivity index (χ0v) is 14.5. The van der Waals surface area contributed by atoms with Gasteiger partial charge in [0.1, 0.15) is 17.4 Å². The van der Waals surface area contributed by atoms with Crippen molar-refractivity contribution >= 4 is 11.7 Å². The summed E-state index contributed by atoms with van der Waals surface area (Å²) in [6, 6.07) is 4.91. The van der Waals surface area contributed by atoms with Gasteiger partial charge in [-0.3, -0.25) is 4.79 Å². The summed E-state index contributed by atoms with van der Waals surface area (Å²) in [7, 11) is 3.30. The van der Waals surface area contributed by atoms with E-state index >= 15 is 0 Å². The van der Waals surface area contributed by atoms with Crippen LogP contribution >= 0.6 is 0 Å². The molecule has 1 aliphatic heterocycles. The molecule has 3 heterocycles. The normalized spacial score (nSPS) is 17.2. The number of carbonyl (C=O) groups is 1. The van der Waals surface area contributed by atoms with Gasteiger partial charge in [-0.1, -0.05) is 0 Å². The highest BCUT2D eigenvalue weighted by Crippen LogP contribution is 2.27. The highest BCUT2D eigenvalue weighted by molar-refractivity contribution is 5.96. The van der Waals surface area contributed by atoms with Crippen LogP contribution in [0.5, 0.6) is 5.88 Å². The van der Waals surface area contributed by atoms with Gasteiger partial charge < -0.3 is 19.7 Å². The van der Waals surface area contributed by atoms with Crippen molar-refractivity contribution in [2.75, 3.05) is 39.2 Å². The molecule has 8 heteroatoms. The first-order chi connectivity index (χ1) is 12.1. The molecule has 1 aliphatic rings. The van der Waals surface area contributed by atoms with Gasteiger partial charge in [0, 0.05) is 31.5 Å². The highest BCUT2D eigenvalue weighted by Gasteiger charge is 2.33. The van der Waals surface area contributed by atoms with Gasteiger partial charge in [0.15, 0.2) is 5.82 Å². The van der Waals surface area contributed by atoms with Crippen LogP contribution in [0.3, 0.4) is 0 Å². The zero-order chi connectivity index (χ0) is 17.8. The minimum atomic E-state index is -0.363. The van der Waals surface area contributed by atoms with Crippen molar-refractivity contribution in [1.29, 1.82) is 0 Å². The molecule has 1 N–H and O–H groups in total. The van der Waals surface area contributed by atoms with Crippen molar-refractivity contribution in [3.05, 3.63) is 41.5 Å². The van der Waals surface area contributed by atoms with Crippen molar-refractivity contribution in [3.8, 4) is 5.88 Å². The lowest BCUT2D eigenvalue weighted by Gasteiger charge is -2.35. The van der Waals surface area contributed by atoms with Gasteiger partial charge in [-0.05, 0) is 19.1 Å². The second-order valence-electron chi connectivity index (χ2n) is 5.65. The fraction of sp³-hybridized carbons (Fsp3) is 0.412. The number of morpholine rings is 1. The lowest BCUT2D eigenvalue weighted by Crippen LogP contribution is -2.44. The van der Waals surface area contributed by atoms with Crippen molar-refractivity contribution in [2.24, 2.45) is 0 Å². The molecule has 0 saturated carbocycles. The van der Waals surface area contributed by atoms with Crippen LogP contribution in [0, 0.1) is 6.92 Å². The van der Waals surface area contributed by atoms with E-state index in [4.69, 9.17) is 9.47 Å². The molecular formula is C17H21N5O3. The molecule has 0 spiro atoms. The van der Waals surface area contributed by atoms with Crippen molar-refractivity contribution in [2.45, 2.75) is 13.0 Å². The molecule has 8 nitrogen and oxygen atoms in total. The molecule has 132 valence electrons. The van der Waals surface area contributed by atoms with Crippen LogP contribution in [-0.2, 0) is 4.74 Å². The molecular weight excluding hydrogens is 322 g/mol. The number of hydrogen-bond donors (Lipinski definition) is 1. The van der Waals surface area contributed by atoms with Gasteiger partial charge in [0.2, 0.25) is 5.88 Å². The quantitative estimate of drug-likeness (QED) is 0.898. The van der Waals surface area contributed by atoms with Gasteiger partial charge in [0.05, 0.1) is 20.3 Å². The summed E-state index contributed by atoms with van der Waals surface area (Å²) >= 11 is 0. The number of nitrogens with one attached hydrogen (secondary N) is 1. The Labute approximate surface area is 146 Å². The molecule has 25 heavy (non-hydrogen) atoms. The third kappa shape index (κ3) is 3.53. The monoisotopic (exact) mass is 343 g/mol. The van der Waals surface area contributed by atoms with Gasteiger partial charge in [-0.15, -0.1) is 0 Å². The number of hydrogen-bond acceptors (Lipinski definition) is 7. The SMILES string of the molecule is CNc1cc(C)nc([C@@H]2COCCN2C(=O)c2cccnc2OC)n1. The van der Waals surface area contributed by atoms with Crippen LogP contribution in [0.4, 0.5) is 5.82 Å². The van der Waals surface area contributed by atoms with E-state index in [1.54, 1.807) is 30.3 Å². The average molecular weight is 343 g/mol. The predicted molar refractivity (Wildman–Crippen MR) is 91.7 cm³/mol. The highest BCUT2D eigenvalue weighted by atomic mass is 16.5. The van der Waals surface area contributed by atoms with Crippen molar-refractivity contribution in [1.82, 2.24) is 19.9 Å². The average Bonchev–Trinajstić information content (AvgIpc) is 2.66. The number of pyridine rings is 1. The van der Waals surface area contributed by atoms with E-state index in [9.17, 15) is 4.79 Å². The molecule has 0 aromatic carbocycles. The third-order valence-electron chi connectivity index (χ3n) is 4.01. The Morgan fingerprint density at radius 2 is 2.28 bits per heavy atom. The molecule has 2 aromatic heterocycles. The first-order valence-electron chi connectivity index (χ1n) is 8.05. The minimum absolute atomic E-state index is 0.172. The Morgan fingerprint density at radius 3 is 3.04 bits per heavy atom. The summed E-state index contributed by atoms with van der Waals surface area (Å²) in [5.41, 5.74) is 1.24. The molecule has 1 fully saturated rings. The summed E-state index contributed by atoms with van der Waals surface area (Å²) < 4.78 is 10.8. The number of nitrogens with zero attached hydrogens (tertiary/aromatic N) is 4. The first-order valence-corrected chi connectivity index (χ1v) is 8.05. The van der Waals surface area contributed by atoms with E-state index in [0.717, 1.165) is 5.69 Å². The fourth-order valence-electron chi connectivity index (χ4n) is 2.80.